The van der Waals surface area contributed by atoms with Crippen molar-refractivity contribution in [3.63, 3.8) is 0 Å². The number of aromatic amines is 1. The van der Waals surface area contributed by atoms with Crippen LogP contribution < -0.4 is 11.3 Å². The largest absolute Gasteiger partial charge is 0.330 e. The van der Waals surface area contributed by atoms with E-state index in [1.54, 1.807) is 6.92 Å². The summed E-state index contributed by atoms with van der Waals surface area (Å²) in [6.45, 7) is 2.31. The zero-order valence-electron chi connectivity index (χ0n) is 10.9. The molecule has 2 heterocycles. The minimum absolute atomic E-state index is 0.134. The van der Waals surface area contributed by atoms with Crippen LogP contribution >= 0.6 is 11.8 Å². The van der Waals surface area contributed by atoms with E-state index in [2.05, 4.69) is 20.2 Å². The second-order valence-corrected chi connectivity index (χ2v) is 5.05. The SMILES string of the molecule is Cc1nc(CSc2nnc(CCN)n2C)cc(=O)[nH]1. The lowest BCUT2D eigenvalue weighted by atomic mass is 10.4. The number of rotatable bonds is 5. The average Bonchev–Trinajstić information content (AvgIpc) is 2.68. The predicted octanol–water partition coefficient (Wildman–Crippen LogP) is 0.000320. The molecule has 0 aliphatic heterocycles. The molecule has 0 amide bonds. The third kappa shape index (κ3) is 3.42. The molecule has 0 aliphatic rings. The first kappa shape index (κ1) is 13.8. The number of aromatic nitrogens is 5. The Hall–Kier alpha value is -1.67. The maximum atomic E-state index is 11.3. The maximum absolute atomic E-state index is 11.3. The predicted molar refractivity (Wildman–Crippen MR) is 72.9 cm³/mol. The van der Waals surface area contributed by atoms with Gasteiger partial charge in [0.05, 0.1) is 5.69 Å². The van der Waals surface area contributed by atoms with E-state index in [0.717, 1.165) is 16.7 Å². The van der Waals surface area contributed by atoms with Gasteiger partial charge in [-0.15, -0.1) is 10.2 Å². The van der Waals surface area contributed by atoms with Crippen LogP contribution in [0.25, 0.3) is 0 Å². The normalized spacial score (nSPS) is 10.9. The first-order chi connectivity index (χ1) is 9.10. The van der Waals surface area contributed by atoms with Crippen molar-refractivity contribution >= 4 is 11.8 Å². The van der Waals surface area contributed by atoms with Crippen LogP contribution in [0, 0.1) is 6.92 Å². The lowest BCUT2D eigenvalue weighted by Crippen LogP contribution is -2.10. The van der Waals surface area contributed by atoms with E-state index in [4.69, 9.17) is 5.73 Å². The molecule has 0 saturated carbocycles. The van der Waals surface area contributed by atoms with Gasteiger partial charge in [-0.2, -0.15) is 0 Å². The third-order valence-corrected chi connectivity index (χ3v) is 3.61. The van der Waals surface area contributed by atoms with Crippen LogP contribution in [0.15, 0.2) is 16.0 Å². The summed E-state index contributed by atoms with van der Waals surface area (Å²) in [6.07, 6.45) is 0.701. The highest BCUT2D eigenvalue weighted by Gasteiger charge is 2.09. The molecule has 0 radical (unpaired) electrons. The Balaban J connectivity index is 2.08. The summed E-state index contributed by atoms with van der Waals surface area (Å²) in [5.41, 5.74) is 6.10. The number of H-pyrrole nitrogens is 1. The van der Waals surface area contributed by atoms with Gasteiger partial charge in [0.2, 0.25) is 0 Å². The number of nitrogens with zero attached hydrogens (tertiary/aromatic N) is 4. The fourth-order valence-corrected chi connectivity index (χ4v) is 2.49. The Bertz CT molecular complexity index is 620. The van der Waals surface area contributed by atoms with Crippen LogP contribution in [0.3, 0.4) is 0 Å². The van der Waals surface area contributed by atoms with E-state index in [1.807, 2.05) is 11.6 Å². The molecule has 2 aromatic heterocycles. The number of thioether (sulfide) groups is 1. The van der Waals surface area contributed by atoms with E-state index in [9.17, 15) is 4.79 Å². The standard InChI is InChI=1S/C11H16N6OS/c1-7-13-8(5-10(18)14-7)6-19-11-16-15-9(3-4-12)17(11)2/h5H,3-4,6,12H2,1-2H3,(H,13,14,18). The molecule has 0 fully saturated rings. The summed E-state index contributed by atoms with van der Waals surface area (Å²) < 4.78 is 1.91. The Kier molecular flexibility index (Phi) is 4.33. The summed E-state index contributed by atoms with van der Waals surface area (Å²) >= 11 is 1.50. The highest BCUT2D eigenvalue weighted by Crippen LogP contribution is 2.19. The number of nitrogens with two attached hydrogens (primary N) is 1. The summed E-state index contributed by atoms with van der Waals surface area (Å²) in [4.78, 5) is 18.2. The zero-order chi connectivity index (χ0) is 13.8. The molecule has 0 spiro atoms. The van der Waals surface area contributed by atoms with E-state index in [1.165, 1.54) is 17.8 Å². The van der Waals surface area contributed by atoms with Gasteiger partial charge in [-0.25, -0.2) is 4.98 Å². The second kappa shape index (κ2) is 5.98. The number of nitrogens with one attached hydrogen (secondary N) is 1. The van der Waals surface area contributed by atoms with Gasteiger partial charge in [-0.05, 0) is 13.5 Å². The van der Waals surface area contributed by atoms with Crippen molar-refractivity contribution in [1.82, 2.24) is 24.7 Å². The summed E-state index contributed by atoms with van der Waals surface area (Å²) in [6, 6.07) is 1.50. The van der Waals surface area contributed by atoms with Gasteiger partial charge in [0.15, 0.2) is 5.16 Å². The van der Waals surface area contributed by atoms with Gasteiger partial charge in [0.25, 0.3) is 5.56 Å². The van der Waals surface area contributed by atoms with Crippen LogP contribution in [0.4, 0.5) is 0 Å². The molecule has 0 unspecified atom stereocenters. The summed E-state index contributed by atoms with van der Waals surface area (Å²) in [5, 5.41) is 8.97. The van der Waals surface area contributed by atoms with E-state index in [-0.39, 0.29) is 5.56 Å². The van der Waals surface area contributed by atoms with Crippen molar-refractivity contribution in [3.05, 3.63) is 33.8 Å². The van der Waals surface area contributed by atoms with Crippen LogP contribution in [0.2, 0.25) is 0 Å². The highest BCUT2D eigenvalue weighted by atomic mass is 32.2. The number of hydrogen-bond acceptors (Lipinski definition) is 6. The number of hydrogen-bond donors (Lipinski definition) is 2. The molecular formula is C11H16N6OS. The molecule has 0 bridgehead atoms. The Morgan fingerprint density at radius 2 is 2.26 bits per heavy atom. The van der Waals surface area contributed by atoms with E-state index < -0.39 is 0 Å². The van der Waals surface area contributed by atoms with Gasteiger partial charge in [-0.3, -0.25) is 4.79 Å². The number of aryl methyl sites for hydroxylation is 1. The lowest BCUT2D eigenvalue weighted by molar-refractivity contribution is 0.726. The van der Waals surface area contributed by atoms with E-state index in [0.29, 0.717) is 24.5 Å². The Morgan fingerprint density at radius 3 is 2.95 bits per heavy atom. The first-order valence-electron chi connectivity index (χ1n) is 5.88. The average molecular weight is 280 g/mol. The molecule has 8 heteroatoms. The molecule has 2 rings (SSSR count). The monoisotopic (exact) mass is 280 g/mol. The second-order valence-electron chi connectivity index (χ2n) is 4.11. The topological polar surface area (TPSA) is 102 Å². The van der Waals surface area contributed by atoms with Crippen molar-refractivity contribution in [2.45, 2.75) is 24.3 Å². The van der Waals surface area contributed by atoms with Crippen molar-refractivity contribution < 1.29 is 0 Å². The molecule has 0 aliphatic carbocycles. The lowest BCUT2D eigenvalue weighted by Gasteiger charge is -2.03. The van der Waals surface area contributed by atoms with Gasteiger partial charge in [-0.1, -0.05) is 11.8 Å². The van der Waals surface area contributed by atoms with Gasteiger partial charge in [0, 0.05) is 25.3 Å². The van der Waals surface area contributed by atoms with Crippen molar-refractivity contribution in [2.24, 2.45) is 12.8 Å². The Morgan fingerprint density at radius 1 is 1.47 bits per heavy atom. The van der Waals surface area contributed by atoms with Gasteiger partial charge >= 0.3 is 0 Å². The molecule has 3 N–H and O–H groups in total. The highest BCUT2D eigenvalue weighted by molar-refractivity contribution is 7.98. The van der Waals surface area contributed by atoms with Gasteiger partial charge < -0.3 is 15.3 Å². The van der Waals surface area contributed by atoms with Gasteiger partial charge in [0.1, 0.15) is 11.6 Å². The molecule has 0 saturated heterocycles. The van der Waals surface area contributed by atoms with Crippen molar-refractivity contribution in [2.75, 3.05) is 6.54 Å². The van der Waals surface area contributed by atoms with Crippen LogP contribution in [-0.2, 0) is 19.2 Å². The van der Waals surface area contributed by atoms with Crippen molar-refractivity contribution in [3.8, 4) is 0 Å². The molecule has 102 valence electrons. The minimum Gasteiger partial charge on any atom is -0.330 e. The molecule has 7 nitrogen and oxygen atoms in total. The Labute approximate surface area is 114 Å². The molecular weight excluding hydrogens is 264 g/mol. The fourth-order valence-electron chi connectivity index (χ4n) is 1.67. The minimum atomic E-state index is -0.134. The summed E-state index contributed by atoms with van der Waals surface area (Å²) in [7, 11) is 1.91. The van der Waals surface area contributed by atoms with E-state index >= 15 is 0 Å². The smallest absolute Gasteiger partial charge is 0.251 e. The van der Waals surface area contributed by atoms with Crippen LogP contribution in [0.5, 0.6) is 0 Å². The van der Waals surface area contributed by atoms with Crippen molar-refractivity contribution in [1.29, 1.82) is 0 Å². The molecule has 0 atom stereocenters. The zero-order valence-corrected chi connectivity index (χ0v) is 11.7. The third-order valence-electron chi connectivity index (χ3n) is 2.56. The molecule has 2 aromatic rings. The van der Waals surface area contributed by atoms with Crippen LogP contribution in [-0.4, -0.2) is 31.3 Å². The fraction of sp³-hybridized carbons (Fsp3) is 0.455. The molecule has 0 aromatic carbocycles. The summed E-state index contributed by atoms with van der Waals surface area (Å²) in [5.74, 6) is 2.06. The first-order valence-corrected chi connectivity index (χ1v) is 6.86. The maximum Gasteiger partial charge on any atom is 0.251 e. The quantitative estimate of drug-likeness (QED) is 0.747. The molecule has 19 heavy (non-hydrogen) atoms. The van der Waals surface area contributed by atoms with Crippen LogP contribution in [0.1, 0.15) is 17.3 Å².